The third-order valence-electron chi connectivity index (χ3n) is 2.30. The van der Waals surface area contributed by atoms with Gasteiger partial charge in [0, 0.05) is 6.54 Å². The Morgan fingerprint density at radius 2 is 2.20 bits per heavy atom. The number of carbonyl (C=O) groups is 1. The lowest BCUT2D eigenvalue weighted by Crippen LogP contribution is -2.27. The Morgan fingerprint density at radius 1 is 1.60 bits per heavy atom. The molecule has 20 heavy (non-hydrogen) atoms. The minimum absolute atomic E-state index is 0.0442. The van der Waals surface area contributed by atoms with Crippen LogP contribution in [0.25, 0.3) is 0 Å². The minimum Gasteiger partial charge on any atom is -0.469 e. The predicted octanol–water partition coefficient (Wildman–Crippen LogP) is 1.67. The Morgan fingerprint density at radius 3 is 2.75 bits per heavy atom. The summed E-state index contributed by atoms with van der Waals surface area (Å²) in [6.45, 7) is -0.234. The third kappa shape index (κ3) is 3.81. The Labute approximate surface area is 128 Å². The Bertz CT molecular complexity index is 639. The maximum atomic E-state index is 13.9. The van der Waals surface area contributed by atoms with Crippen LogP contribution >= 0.6 is 27.5 Å². The van der Waals surface area contributed by atoms with Crippen molar-refractivity contribution >= 4 is 49.2 Å². The molecule has 1 aromatic rings. The molecule has 0 unspecified atom stereocenters. The van der Waals surface area contributed by atoms with Crippen LogP contribution in [-0.2, 0) is 19.6 Å². The van der Waals surface area contributed by atoms with Crippen LogP contribution in [-0.4, -0.2) is 28.0 Å². The fourth-order valence-corrected chi connectivity index (χ4v) is 2.97. The molecule has 3 N–H and O–H groups in total. The fraction of sp³-hybridized carbons (Fsp3) is 0.300. The number of rotatable bonds is 5. The quantitative estimate of drug-likeness (QED) is 0.453. The Balaban J connectivity index is 3.02. The molecule has 1 rings (SSSR count). The summed E-state index contributed by atoms with van der Waals surface area (Å²) in [6.07, 6.45) is -0.183. The number of nitrogens with two attached hydrogens (primary N) is 1. The molecular formula is C10H11BrClFN2O4S. The summed E-state index contributed by atoms with van der Waals surface area (Å²) in [6, 6.07) is 0.928. The van der Waals surface area contributed by atoms with E-state index in [-0.39, 0.29) is 22.5 Å². The van der Waals surface area contributed by atoms with E-state index in [9.17, 15) is 17.6 Å². The summed E-state index contributed by atoms with van der Waals surface area (Å²) in [5.41, 5.74) is 4.99. The second-order valence-corrected chi connectivity index (χ2v) is 6.56. The molecule has 0 amide bonds. The number of nitrogens with one attached hydrogen (secondary N) is 1. The molecule has 0 bridgehead atoms. The highest BCUT2D eigenvalue weighted by Gasteiger charge is 2.24. The van der Waals surface area contributed by atoms with E-state index in [1.807, 2.05) is 0 Å². The largest absolute Gasteiger partial charge is 0.469 e. The molecule has 0 aliphatic rings. The van der Waals surface area contributed by atoms with Crippen molar-refractivity contribution in [2.24, 2.45) is 0 Å². The van der Waals surface area contributed by atoms with Gasteiger partial charge in [-0.15, -0.1) is 0 Å². The number of methoxy groups -OCH3 is 1. The topological polar surface area (TPSA) is 98.5 Å². The van der Waals surface area contributed by atoms with E-state index in [4.69, 9.17) is 17.3 Å². The first-order valence-corrected chi connectivity index (χ1v) is 7.85. The standard InChI is InChI=1S/C10H11BrClFN2O4S/c1-19-7(16)2-3-15-20(17,18)6-4-5(12)8(11)10(14)9(6)13/h4,15H,2-3,14H2,1H3. The predicted molar refractivity (Wildman–Crippen MR) is 75.3 cm³/mol. The van der Waals surface area contributed by atoms with Crippen LogP contribution in [0.1, 0.15) is 6.42 Å². The molecule has 112 valence electrons. The van der Waals surface area contributed by atoms with Crippen LogP contribution in [0.15, 0.2) is 15.4 Å². The maximum Gasteiger partial charge on any atom is 0.306 e. The highest BCUT2D eigenvalue weighted by Crippen LogP contribution is 2.34. The number of carbonyl (C=O) groups excluding carboxylic acids is 1. The van der Waals surface area contributed by atoms with Crippen molar-refractivity contribution in [3.8, 4) is 0 Å². The van der Waals surface area contributed by atoms with Gasteiger partial charge in [-0.25, -0.2) is 17.5 Å². The van der Waals surface area contributed by atoms with Crippen LogP contribution in [0.4, 0.5) is 10.1 Å². The van der Waals surface area contributed by atoms with Gasteiger partial charge in [0.2, 0.25) is 10.0 Å². The minimum atomic E-state index is -4.17. The summed E-state index contributed by atoms with van der Waals surface area (Å²) in [5.74, 6) is -1.71. The number of hydrogen-bond acceptors (Lipinski definition) is 5. The molecule has 0 aliphatic heterocycles. The molecule has 10 heteroatoms. The average Bonchev–Trinajstić information content (AvgIpc) is 2.39. The highest BCUT2D eigenvalue weighted by atomic mass is 79.9. The highest BCUT2D eigenvalue weighted by molar-refractivity contribution is 9.10. The van der Waals surface area contributed by atoms with E-state index in [1.54, 1.807) is 0 Å². The molecule has 6 nitrogen and oxygen atoms in total. The zero-order valence-electron chi connectivity index (χ0n) is 10.2. The van der Waals surface area contributed by atoms with Crippen LogP contribution in [0.5, 0.6) is 0 Å². The van der Waals surface area contributed by atoms with Gasteiger partial charge in [-0.3, -0.25) is 4.79 Å². The van der Waals surface area contributed by atoms with Crippen molar-refractivity contribution < 1.29 is 22.3 Å². The number of hydrogen-bond donors (Lipinski definition) is 2. The van der Waals surface area contributed by atoms with Gasteiger partial charge >= 0.3 is 5.97 Å². The lowest BCUT2D eigenvalue weighted by atomic mass is 10.3. The van der Waals surface area contributed by atoms with E-state index in [2.05, 4.69) is 25.4 Å². The van der Waals surface area contributed by atoms with Gasteiger partial charge in [0.1, 0.15) is 4.90 Å². The molecule has 0 atom stereocenters. The third-order valence-corrected chi connectivity index (χ3v) is 5.14. The smallest absolute Gasteiger partial charge is 0.306 e. The van der Waals surface area contributed by atoms with Crippen LogP contribution in [0.3, 0.4) is 0 Å². The number of sulfonamides is 1. The summed E-state index contributed by atoms with van der Waals surface area (Å²) in [4.78, 5) is 10.2. The number of halogens is 3. The summed E-state index contributed by atoms with van der Waals surface area (Å²) in [5, 5.41) is -0.0442. The Kier molecular flexibility index (Phi) is 5.75. The van der Waals surface area contributed by atoms with Crippen molar-refractivity contribution in [2.75, 3.05) is 19.4 Å². The molecule has 0 fully saturated rings. The van der Waals surface area contributed by atoms with Gasteiger partial charge in [0.25, 0.3) is 0 Å². The van der Waals surface area contributed by atoms with E-state index in [0.717, 1.165) is 6.07 Å². The van der Waals surface area contributed by atoms with Crippen LogP contribution in [0, 0.1) is 5.82 Å². The maximum absolute atomic E-state index is 13.9. The van der Waals surface area contributed by atoms with E-state index in [1.165, 1.54) is 7.11 Å². The normalized spacial score (nSPS) is 11.4. The van der Waals surface area contributed by atoms with Crippen molar-refractivity contribution in [3.63, 3.8) is 0 Å². The lowest BCUT2D eigenvalue weighted by molar-refractivity contribution is -0.140. The Hall–Kier alpha value is -0.900. The van der Waals surface area contributed by atoms with Crippen LogP contribution < -0.4 is 10.5 Å². The number of esters is 1. The van der Waals surface area contributed by atoms with Crippen molar-refractivity contribution in [1.29, 1.82) is 0 Å². The summed E-state index contributed by atoms with van der Waals surface area (Å²) >= 11 is 8.68. The van der Waals surface area contributed by atoms with Crippen molar-refractivity contribution in [3.05, 3.63) is 21.4 Å². The lowest BCUT2D eigenvalue weighted by Gasteiger charge is -2.10. The zero-order valence-corrected chi connectivity index (χ0v) is 13.4. The van der Waals surface area contributed by atoms with Crippen molar-refractivity contribution in [2.45, 2.75) is 11.3 Å². The van der Waals surface area contributed by atoms with Gasteiger partial charge < -0.3 is 10.5 Å². The number of benzene rings is 1. The van der Waals surface area contributed by atoms with Gasteiger partial charge in [-0.1, -0.05) is 11.6 Å². The number of nitrogen functional groups attached to an aromatic ring is 1. The SMILES string of the molecule is COC(=O)CCNS(=O)(=O)c1cc(Cl)c(Br)c(N)c1F. The molecule has 0 radical (unpaired) electrons. The summed E-state index contributed by atoms with van der Waals surface area (Å²) in [7, 11) is -3.00. The fourth-order valence-electron chi connectivity index (χ4n) is 1.26. The molecule has 0 aliphatic carbocycles. The summed E-state index contributed by atoms with van der Waals surface area (Å²) < 4.78 is 44.2. The van der Waals surface area contributed by atoms with Gasteiger partial charge in [-0.05, 0) is 22.0 Å². The molecule has 0 heterocycles. The zero-order chi connectivity index (χ0) is 15.5. The molecule has 0 saturated heterocycles. The van der Waals surface area contributed by atoms with Gasteiger partial charge in [-0.2, -0.15) is 0 Å². The van der Waals surface area contributed by atoms with Crippen molar-refractivity contribution in [1.82, 2.24) is 4.72 Å². The molecule has 0 aromatic heterocycles. The van der Waals surface area contributed by atoms with E-state index in [0.29, 0.717) is 0 Å². The molecular weight excluding hydrogens is 379 g/mol. The van der Waals surface area contributed by atoms with E-state index < -0.39 is 32.4 Å². The molecule has 0 saturated carbocycles. The second kappa shape index (κ2) is 6.70. The van der Waals surface area contributed by atoms with Crippen LogP contribution in [0.2, 0.25) is 5.02 Å². The van der Waals surface area contributed by atoms with Gasteiger partial charge in [0.15, 0.2) is 5.82 Å². The number of ether oxygens (including phenoxy) is 1. The first-order valence-electron chi connectivity index (χ1n) is 5.20. The van der Waals surface area contributed by atoms with E-state index >= 15 is 0 Å². The first kappa shape index (κ1) is 17.2. The first-order chi connectivity index (χ1) is 9.20. The monoisotopic (exact) mass is 388 g/mol. The average molecular weight is 390 g/mol. The van der Waals surface area contributed by atoms with Gasteiger partial charge in [0.05, 0.1) is 28.7 Å². The second-order valence-electron chi connectivity index (χ2n) is 3.62. The molecule has 1 aromatic carbocycles. The molecule has 0 spiro atoms. The number of anilines is 1.